The zero-order valence-electron chi connectivity index (χ0n) is 81.6. The smallest absolute Gasteiger partial charge is 0.252 e. The first-order chi connectivity index (χ1) is 72.5. The van der Waals surface area contributed by atoms with E-state index in [4.69, 9.17) is 0 Å². The number of aryl methyl sites for hydroxylation is 2. The maximum atomic E-state index is 2.87. The second kappa shape index (κ2) is 33.3. The normalized spacial score (nSPS) is 14.5. The highest BCUT2D eigenvalue weighted by molar-refractivity contribution is 7.00. The van der Waals surface area contributed by atoms with E-state index in [0.717, 1.165) is 77.3 Å². The molecule has 0 bridgehead atoms. The Balaban J connectivity index is 0.562. The summed E-state index contributed by atoms with van der Waals surface area (Å²) in [7, 11) is 0. The Hall–Kier alpha value is -16.9. The summed E-state index contributed by atoms with van der Waals surface area (Å²) in [5.74, 6) is 0. The van der Waals surface area contributed by atoms with Gasteiger partial charge >= 0.3 is 0 Å². The first-order valence-corrected chi connectivity index (χ1v) is 53.0. The first kappa shape index (κ1) is 84.7. The van der Waals surface area contributed by atoms with Gasteiger partial charge < -0.3 is 14.4 Å². The predicted molar refractivity (Wildman–Crippen MR) is 608 cm³/mol. The van der Waals surface area contributed by atoms with Crippen LogP contribution in [-0.4, -0.2) is 24.4 Å². The average Bonchev–Trinajstić information content (AvgIpc) is 1.57. The van der Waals surface area contributed by atoms with E-state index in [0.29, 0.717) is 0 Å². The largest absolute Gasteiger partial charge is 0.342 e. The van der Waals surface area contributed by atoms with Crippen LogP contribution in [0.15, 0.2) is 485 Å². The molecule has 0 fully saturated rings. The molecule has 2 spiro atoms. The number of para-hydroxylation sites is 2. The van der Waals surface area contributed by atoms with Gasteiger partial charge in [-0.15, -0.1) is 0 Å². The lowest BCUT2D eigenvalue weighted by atomic mass is 9.33. The summed E-state index contributed by atoms with van der Waals surface area (Å²) in [4.78, 5) is 5.74. The lowest BCUT2D eigenvalue weighted by Gasteiger charge is -2.46. The molecular weight excluding hydrogens is 1760 g/mol. The van der Waals surface area contributed by atoms with Crippen LogP contribution in [0.3, 0.4) is 0 Å². The molecule has 146 heavy (non-hydrogen) atoms. The second-order valence-corrected chi connectivity index (χ2v) is 41.9. The maximum absolute atomic E-state index is 2.87. The highest BCUT2D eigenvalue weighted by atomic mass is 15.2. The summed E-state index contributed by atoms with van der Waals surface area (Å²) in [6, 6.07) is 188. The Kier molecular flexibility index (Phi) is 19.4. The zero-order chi connectivity index (χ0) is 95.9. The minimum absolute atomic E-state index is 0.181. The summed E-state index contributed by atoms with van der Waals surface area (Å²) >= 11 is 0. The fourth-order valence-electron chi connectivity index (χ4n) is 29.3. The van der Waals surface area contributed by atoms with Crippen molar-refractivity contribution in [3.05, 3.63) is 585 Å². The highest BCUT2D eigenvalue weighted by Crippen LogP contribution is 2.67. The van der Waals surface area contributed by atoms with E-state index < -0.39 is 21.7 Å². The fraction of sp³-hybridized carbons (Fsp3) is 0.113. The molecular formula is C142H104BN3. The van der Waals surface area contributed by atoms with E-state index in [1.54, 1.807) is 0 Å². The van der Waals surface area contributed by atoms with Gasteiger partial charge in [0.25, 0.3) is 6.71 Å². The quantitative estimate of drug-likeness (QED) is 0.0525. The summed E-state index contributed by atoms with van der Waals surface area (Å²) in [6.45, 7) is 1.45. The van der Waals surface area contributed by atoms with Crippen LogP contribution in [0.4, 0.5) is 22.7 Å². The number of hydrogen-bond acceptors (Lipinski definition) is 2. The maximum Gasteiger partial charge on any atom is 0.252 e. The molecule has 22 aromatic rings. The van der Waals surface area contributed by atoms with E-state index in [2.05, 4.69) is 500 Å². The monoisotopic (exact) mass is 1860 g/mol. The standard InChI is InChI=1S/C142H104BN3/c1(9-45-93-47-19-21-57-102(93)95-79-81-112-108-63-27-39-75-124(108)141(126(112)85-95)120-71-35-23-59-104(120)105-60-24-36-72-121(105)141)3-43-83-144-134-91-128-116(110-65-29-33-69-118(110)139(128,97-49-11-5-12-50-97)98-51-13-6-14-52-98)89-130(134)143-131-90-117-111-66-30-34-70-119(111)140(99-53-15-7-16-54-99,100-55-17-8-18-56-100)129(117)92-135(131)145(137-88-101(87-136(144)138(137)143)146-132-77-41-31-67-114(132)115-68-32-42-78-133(115)146)84-44-4-2-10-46-94-48-20-22-58-103(94)96-80-82-113-109-64-28-40-76-125(109)142(127(113)86-96)122-73-37-25-61-106(122)107-62-26-38-74-123(107)142/h5-8,11-42,47-82,85-92H,1-4,9-10,43-46,83-84H2. The van der Waals surface area contributed by atoms with E-state index in [-0.39, 0.29) is 6.71 Å². The van der Waals surface area contributed by atoms with Gasteiger partial charge in [0, 0.05) is 46.6 Å². The van der Waals surface area contributed by atoms with Crippen molar-refractivity contribution in [2.45, 2.75) is 85.9 Å². The Morgan fingerprint density at radius 2 is 0.452 bits per heavy atom. The molecule has 0 saturated carbocycles. The van der Waals surface area contributed by atoms with Gasteiger partial charge in [-0.3, -0.25) is 0 Å². The third kappa shape index (κ3) is 12.0. The Labute approximate surface area is 854 Å². The van der Waals surface area contributed by atoms with Crippen LogP contribution in [0.2, 0.25) is 0 Å². The van der Waals surface area contributed by atoms with Crippen molar-refractivity contribution in [2.24, 2.45) is 0 Å². The van der Waals surface area contributed by atoms with E-state index in [9.17, 15) is 0 Å². The molecule has 0 saturated heterocycles. The van der Waals surface area contributed by atoms with Crippen molar-refractivity contribution < 1.29 is 0 Å². The zero-order valence-corrected chi connectivity index (χ0v) is 81.6. The Bertz CT molecular complexity index is 8390. The molecule has 0 amide bonds. The number of rotatable bonds is 21. The van der Waals surface area contributed by atoms with Crippen LogP contribution in [0, 0.1) is 0 Å². The lowest BCUT2D eigenvalue weighted by molar-refractivity contribution is 0.641. The molecule has 0 atom stereocenters. The number of nitrogens with zero attached hydrogens (tertiary/aromatic N) is 3. The van der Waals surface area contributed by atoms with Gasteiger partial charge in [-0.05, 0) is 293 Å². The van der Waals surface area contributed by atoms with Crippen LogP contribution >= 0.6 is 0 Å². The van der Waals surface area contributed by atoms with Gasteiger partial charge in [0.15, 0.2) is 0 Å². The number of unbranched alkanes of at least 4 members (excludes halogenated alkanes) is 6. The number of benzene rings is 21. The molecule has 30 rings (SSSR count). The van der Waals surface area contributed by atoms with Crippen LogP contribution in [0.25, 0.3) is 117 Å². The van der Waals surface area contributed by atoms with Gasteiger partial charge in [0.2, 0.25) is 0 Å². The summed E-state index contributed by atoms with van der Waals surface area (Å²) in [5.41, 5.74) is 56.0. The highest BCUT2D eigenvalue weighted by Gasteiger charge is 2.57. The van der Waals surface area contributed by atoms with Gasteiger partial charge in [0.1, 0.15) is 0 Å². The SMILES string of the molecule is c1ccc(C2(c3ccccc3)c3ccccc3-c3cc4c(cc32)N(CCCCCCc2ccccc2-c2ccc3c(c2)C2(c5ccccc5-c5ccccc52)c2ccccc2-3)c2cc(-n3c5ccccc5c5ccccc53)cc3c2B4c2cc4c(cc2N3CCCCCCc2ccccc2-c2ccc3c(c2)C2(c5ccccc5-c5ccccc52)c2ccccc2-3)C(c2ccccc2)(c2ccccc2)c2ccccc2-4)cc1. The van der Waals surface area contributed by atoms with Crippen molar-refractivity contribution in [3.63, 3.8) is 0 Å². The first-order valence-electron chi connectivity index (χ1n) is 53.0. The van der Waals surface area contributed by atoms with Crippen molar-refractivity contribution in [1.29, 1.82) is 0 Å². The molecule has 4 heteroatoms. The van der Waals surface area contributed by atoms with E-state index >= 15 is 0 Å². The second-order valence-electron chi connectivity index (χ2n) is 41.9. The van der Waals surface area contributed by atoms with Gasteiger partial charge in [-0.25, -0.2) is 0 Å². The fourth-order valence-corrected chi connectivity index (χ4v) is 29.3. The lowest BCUT2D eigenvalue weighted by Crippen LogP contribution is -2.62. The van der Waals surface area contributed by atoms with E-state index in [1.807, 2.05) is 0 Å². The molecule has 21 aromatic carbocycles. The third-order valence-corrected chi connectivity index (χ3v) is 35.1. The Morgan fingerprint density at radius 3 is 0.795 bits per heavy atom. The molecule has 1 aromatic heterocycles. The minimum Gasteiger partial charge on any atom is -0.342 e. The van der Waals surface area contributed by atoms with Crippen molar-refractivity contribution in [2.75, 3.05) is 22.9 Å². The topological polar surface area (TPSA) is 11.4 Å². The Morgan fingerprint density at radius 1 is 0.185 bits per heavy atom. The van der Waals surface area contributed by atoms with Crippen molar-refractivity contribution in [3.8, 4) is 94.7 Å². The van der Waals surface area contributed by atoms with Crippen LogP contribution < -0.4 is 26.2 Å². The average molecular weight is 1860 g/mol. The number of aromatic nitrogens is 1. The van der Waals surface area contributed by atoms with Gasteiger partial charge in [-0.1, -0.05) is 462 Å². The molecule has 8 aliphatic rings. The summed E-state index contributed by atoms with van der Waals surface area (Å²) in [5, 5.41) is 2.51. The summed E-state index contributed by atoms with van der Waals surface area (Å²) < 4.78 is 2.62. The number of anilines is 4. The molecule has 0 unspecified atom stereocenters. The van der Waals surface area contributed by atoms with Crippen LogP contribution in [0.1, 0.15) is 152 Å². The minimum atomic E-state index is -0.648. The third-order valence-electron chi connectivity index (χ3n) is 35.1. The molecule has 690 valence electrons. The molecule has 3 nitrogen and oxygen atoms in total. The summed E-state index contributed by atoms with van der Waals surface area (Å²) in [6.07, 6.45) is 10.4. The van der Waals surface area contributed by atoms with Crippen molar-refractivity contribution >= 4 is 67.7 Å². The molecule has 3 heterocycles. The van der Waals surface area contributed by atoms with Crippen LogP contribution in [0.5, 0.6) is 0 Å². The number of hydrogen-bond donors (Lipinski definition) is 0. The molecule has 0 N–H and O–H groups in total. The molecule has 2 aliphatic heterocycles. The van der Waals surface area contributed by atoms with Gasteiger partial charge in [0.05, 0.1) is 38.4 Å². The van der Waals surface area contributed by atoms with E-state index in [1.165, 1.54) is 256 Å². The predicted octanol–water partition coefficient (Wildman–Crippen LogP) is 32.6. The van der Waals surface area contributed by atoms with Gasteiger partial charge in [-0.2, -0.15) is 0 Å². The molecule has 0 radical (unpaired) electrons. The van der Waals surface area contributed by atoms with Crippen LogP contribution in [-0.2, 0) is 34.5 Å². The molecule has 6 aliphatic carbocycles. The number of fused-ring (bicyclic) bond motifs is 33. The van der Waals surface area contributed by atoms with Crippen molar-refractivity contribution in [1.82, 2.24) is 4.57 Å².